The highest BCUT2D eigenvalue weighted by atomic mass is 16.3. The number of hydrogen-bond acceptors (Lipinski definition) is 8. The first-order valence-electron chi connectivity index (χ1n) is 9.69. The molecule has 1 aromatic heterocycles. The molecule has 8 nitrogen and oxygen atoms in total. The number of nitrogens with zero attached hydrogens (tertiary/aromatic N) is 4. The van der Waals surface area contributed by atoms with Crippen LogP contribution >= 0.6 is 0 Å². The van der Waals surface area contributed by atoms with Crippen molar-refractivity contribution in [3.63, 3.8) is 0 Å². The summed E-state index contributed by atoms with van der Waals surface area (Å²) in [6.45, 7) is 7.18. The van der Waals surface area contributed by atoms with Gasteiger partial charge in [0.05, 0.1) is 31.5 Å². The Bertz CT molecular complexity index is 520. The van der Waals surface area contributed by atoms with Gasteiger partial charge in [-0.15, -0.1) is 0 Å². The van der Waals surface area contributed by atoms with E-state index in [4.69, 9.17) is 0 Å². The molecule has 0 radical (unpaired) electrons. The first kappa shape index (κ1) is 22.2. The first-order chi connectivity index (χ1) is 13.0. The molecular formula is C19H34N4O4. The second kappa shape index (κ2) is 11.7. The van der Waals surface area contributed by atoms with Crippen molar-refractivity contribution in [2.75, 3.05) is 59.0 Å². The fourth-order valence-corrected chi connectivity index (χ4v) is 3.55. The van der Waals surface area contributed by atoms with Crippen LogP contribution in [-0.2, 0) is 6.54 Å². The third kappa shape index (κ3) is 7.42. The number of aliphatic hydroxyl groups excluding tert-OH is 4. The minimum absolute atomic E-state index is 0.206. The van der Waals surface area contributed by atoms with Crippen molar-refractivity contribution < 1.29 is 20.4 Å². The SMILES string of the molecule is C[C@H](O)CN1CCN(Cc2ccncc2)CCN([C@H](CO)[C@H](O)CO)CC1. The zero-order valence-electron chi connectivity index (χ0n) is 16.2. The number of β-amino-alcohol motifs (C(OH)–C–C–N with tert-alkyl or cyclic N) is 1. The van der Waals surface area contributed by atoms with Gasteiger partial charge < -0.3 is 20.4 Å². The van der Waals surface area contributed by atoms with Gasteiger partial charge >= 0.3 is 0 Å². The molecule has 0 saturated carbocycles. The number of rotatable bonds is 8. The van der Waals surface area contributed by atoms with E-state index in [1.807, 2.05) is 17.0 Å². The molecule has 1 saturated heterocycles. The molecule has 0 aromatic carbocycles. The number of pyridine rings is 1. The van der Waals surface area contributed by atoms with Gasteiger partial charge in [-0.3, -0.25) is 19.7 Å². The van der Waals surface area contributed by atoms with E-state index in [0.717, 1.165) is 32.7 Å². The quantitative estimate of drug-likeness (QED) is 0.435. The number of aliphatic hydroxyl groups is 4. The molecule has 0 aliphatic carbocycles. The van der Waals surface area contributed by atoms with Crippen LogP contribution in [0, 0.1) is 0 Å². The third-order valence-electron chi connectivity index (χ3n) is 5.10. The van der Waals surface area contributed by atoms with Gasteiger partial charge in [0, 0.05) is 64.8 Å². The highest BCUT2D eigenvalue weighted by Crippen LogP contribution is 2.11. The molecule has 0 spiro atoms. The predicted octanol–water partition coefficient (Wildman–Crippen LogP) is -1.40. The van der Waals surface area contributed by atoms with Gasteiger partial charge in [0.2, 0.25) is 0 Å². The van der Waals surface area contributed by atoms with E-state index < -0.39 is 18.2 Å². The van der Waals surface area contributed by atoms with E-state index >= 15 is 0 Å². The molecule has 3 atom stereocenters. The molecule has 0 amide bonds. The fraction of sp³-hybridized carbons (Fsp3) is 0.737. The van der Waals surface area contributed by atoms with E-state index in [0.29, 0.717) is 19.6 Å². The monoisotopic (exact) mass is 382 g/mol. The van der Waals surface area contributed by atoms with Gasteiger partial charge in [0.25, 0.3) is 0 Å². The van der Waals surface area contributed by atoms with Gasteiger partial charge in [-0.05, 0) is 24.6 Å². The molecule has 1 aliphatic rings. The van der Waals surface area contributed by atoms with Crippen molar-refractivity contribution in [1.82, 2.24) is 19.7 Å². The topological polar surface area (TPSA) is 104 Å². The molecule has 8 heteroatoms. The lowest BCUT2D eigenvalue weighted by Gasteiger charge is -2.34. The molecule has 154 valence electrons. The number of aromatic nitrogens is 1. The van der Waals surface area contributed by atoms with Crippen molar-refractivity contribution in [2.24, 2.45) is 0 Å². The minimum atomic E-state index is -0.977. The zero-order chi connectivity index (χ0) is 19.6. The lowest BCUT2D eigenvalue weighted by atomic mass is 10.1. The Morgan fingerprint density at radius 3 is 2.11 bits per heavy atom. The molecular weight excluding hydrogens is 348 g/mol. The van der Waals surface area contributed by atoms with E-state index in [1.54, 1.807) is 19.3 Å². The lowest BCUT2D eigenvalue weighted by Crippen LogP contribution is -2.51. The summed E-state index contributed by atoms with van der Waals surface area (Å²) in [5.74, 6) is 0. The molecule has 1 fully saturated rings. The maximum atomic E-state index is 10.1. The first-order valence-corrected chi connectivity index (χ1v) is 9.69. The highest BCUT2D eigenvalue weighted by Gasteiger charge is 2.27. The Morgan fingerprint density at radius 1 is 0.926 bits per heavy atom. The Morgan fingerprint density at radius 2 is 1.52 bits per heavy atom. The van der Waals surface area contributed by atoms with Crippen molar-refractivity contribution in [2.45, 2.75) is 31.7 Å². The predicted molar refractivity (Wildman–Crippen MR) is 103 cm³/mol. The summed E-state index contributed by atoms with van der Waals surface area (Å²) in [6.07, 6.45) is 2.19. The Balaban J connectivity index is 2.10. The van der Waals surface area contributed by atoms with E-state index in [-0.39, 0.29) is 13.2 Å². The van der Waals surface area contributed by atoms with Crippen LogP contribution in [0.4, 0.5) is 0 Å². The summed E-state index contributed by atoms with van der Waals surface area (Å²) < 4.78 is 0. The van der Waals surface area contributed by atoms with Crippen LogP contribution in [0.25, 0.3) is 0 Å². The largest absolute Gasteiger partial charge is 0.395 e. The second-order valence-electron chi connectivity index (χ2n) is 7.32. The smallest absolute Gasteiger partial charge is 0.0947 e. The molecule has 27 heavy (non-hydrogen) atoms. The van der Waals surface area contributed by atoms with Crippen LogP contribution in [-0.4, -0.2) is 117 Å². The zero-order valence-corrected chi connectivity index (χ0v) is 16.2. The molecule has 1 aliphatic heterocycles. The average Bonchev–Trinajstić information content (AvgIpc) is 2.75. The second-order valence-corrected chi connectivity index (χ2v) is 7.32. The van der Waals surface area contributed by atoms with Gasteiger partial charge in [0.1, 0.15) is 0 Å². The van der Waals surface area contributed by atoms with E-state index in [9.17, 15) is 20.4 Å². The Labute approximate surface area is 161 Å². The van der Waals surface area contributed by atoms with E-state index in [2.05, 4.69) is 14.8 Å². The van der Waals surface area contributed by atoms with Gasteiger partial charge in [-0.25, -0.2) is 0 Å². The van der Waals surface area contributed by atoms with Crippen molar-refractivity contribution in [1.29, 1.82) is 0 Å². The average molecular weight is 383 g/mol. The lowest BCUT2D eigenvalue weighted by molar-refractivity contribution is -0.0169. The third-order valence-corrected chi connectivity index (χ3v) is 5.10. The molecule has 0 unspecified atom stereocenters. The summed E-state index contributed by atoms with van der Waals surface area (Å²) in [5, 5.41) is 38.9. The van der Waals surface area contributed by atoms with Crippen LogP contribution in [0.15, 0.2) is 24.5 Å². The van der Waals surface area contributed by atoms with Crippen LogP contribution in [0.2, 0.25) is 0 Å². The normalized spacial score (nSPS) is 21.8. The van der Waals surface area contributed by atoms with Crippen LogP contribution in [0.1, 0.15) is 12.5 Å². The fourth-order valence-electron chi connectivity index (χ4n) is 3.55. The van der Waals surface area contributed by atoms with Gasteiger partial charge in [-0.2, -0.15) is 0 Å². The van der Waals surface area contributed by atoms with Crippen molar-refractivity contribution in [3.05, 3.63) is 30.1 Å². The highest BCUT2D eigenvalue weighted by molar-refractivity contribution is 5.09. The minimum Gasteiger partial charge on any atom is -0.395 e. The molecule has 2 heterocycles. The van der Waals surface area contributed by atoms with Gasteiger partial charge in [0.15, 0.2) is 0 Å². The van der Waals surface area contributed by atoms with Crippen LogP contribution in [0.3, 0.4) is 0 Å². The van der Waals surface area contributed by atoms with E-state index in [1.165, 1.54) is 5.56 Å². The molecule has 1 aromatic rings. The summed E-state index contributed by atoms with van der Waals surface area (Å²) in [7, 11) is 0. The summed E-state index contributed by atoms with van der Waals surface area (Å²) >= 11 is 0. The van der Waals surface area contributed by atoms with Crippen molar-refractivity contribution in [3.8, 4) is 0 Å². The molecule has 0 bridgehead atoms. The maximum absolute atomic E-state index is 10.1. The Hall–Kier alpha value is -1.13. The maximum Gasteiger partial charge on any atom is 0.0947 e. The summed E-state index contributed by atoms with van der Waals surface area (Å²) in [4.78, 5) is 10.7. The van der Waals surface area contributed by atoms with Gasteiger partial charge in [-0.1, -0.05) is 0 Å². The van der Waals surface area contributed by atoms with Crippen LogP contribution in [0.5, 0.6) is 0 Å². The Kier molecular flexibility index (Phi) is 9.57. The summed E-state index contributed by atoms with van der Waals surface area (Å²) in [5.41, 5.74) is 1.19. The molecule has 4 N–H and O–H groups in total. The standard InChI is InChI=1S/C19H34N4O4/c1-16(26)12-21-6-7-22(13-17-2-4-20-5-3-17)9-11-23(10-8-21)18(14-24)19(27)15-25/h2-5,16,18-19,24-27H,6-15H2,1H3/t16-,18+,19+/m0/s1. The number of hydrogen-bond donors (Lipinski definition) is 4. The van der Waals surface area contributed by atoms with Crippen molar-refractivity contribution >= 4 is 0 Å². The molecule has 2 rings (SSSR count). The van der Waals surface area contributed by atoms with Crippen LogP contribution < -0.4 is 0 Å². The summed E-state index contributed by atoms with van der Waals surface area (Å²) in [6, 6.07) is 3.51.